The Bertz CT molecular complexity index is 2210. The van der Waals surface area contributed by atoms with Gasteiger partial charge in [-0.1, -0.05) is 24.3 Å². The number of likely N-dealkylation sites (tertiary alicyclic amines) is 1. The number of aromatic nitrogens is 4. The van der Waals surface area contributed by atoms with E-state index in [0.717, 1.165) is 77.6 Å². The summed E-state index contributed by atoms with van der Waals surface area (Å²) < 4.78 is 2.06. The molecular formula is C39H39N9O4S. The molecule has 0 spiro atoms. The highest BCUT2D eigenvalue weighted by Crippen LogP contribution is 2.38. The summed E-state index contributed by atoms with van der Waals surface area (Å²) in [4.78, 5) is 69.1. The number of hydrogen-bond donors (Lipinski definition) is 3. The summed E-state index contributed by atoms with van der Waals surface area (Å²) in [6.07, 6.45) is 9.89. The number of unbranched alkanes of at least 4 members (excludes halogenated alkanes) is 1. The molecule has 6 heterocycles. The van der Waals surface area contributed by atoms with Crippen LogP contribution in [0.25, 0.3) is 16.8 Å². The van der Waals surface area contributed by atoms with Crippen molar-refractivity contribution in [1.29, 1.82) is 0 Å². The van der Waals surface area contributed by atoms with Gasteiger partial charge in [0.05, 0.1) is 6.04 Å². The second-order valence-corrected chi connectivity index (χ2v) is 14.7. The minimum atomic E-state index is -0.619. The number of carbonyl (C=O) groups is 4. The van der Waals surface area contributed by atoms with Crippen molar-refractivity contribution in [2.75, 3.05) is 29.9 Å². The predicted molar refractivity (Wildman–Crippen MR) is 201 cm³/mol. The Kier molecular flexibility index (Phi) is 9.63. The summed E-state index contributed by atoms with van der Waals surface area (Å²) in [7, 11) is 0. The van der Waals surface area contributed by atoms with Gasteiger partial charge in [0.25, 0.3) is 11.8 Å². The molecule has 4 N–H and O–H groups in total. The van der Waals surface area contributed by atoms with Gasteiger partial charge in [0, 0.05) is 53.1 Å². The topological polar surface area (TPSA) is 168 Å². The number of hydrogen-bond acceptors (Lipinski definition) is 10. The van der Waals surface area contributed by atoms with Crippen LogP contribution in [0.3, 0.4) is 0 Å². The van der Waals surface area contributed by atoms with E-state index >= 15 is 0 Å². The van der Waals surface area contributed by atoms with Crippen molar-refractivity contribution in [3.05, 3.63) is 102 Å². The first-order valence-electron chi connectivity index (χ1n) is 17.9. The summed E-state index contributed by atoms with van der Waals surface area (Å²) in [5, 5.41) is 5.20. The van der Waals surface area contributed by atoms with Crippen LogP contribution in [0.1, 0.15) is 76.7 Å². The zero-order valence-corrected chi connectivity index (χ0v) is 29.8. The van der Waals surface area contributed by atoms with Gasteiger partial charge in [-0.25, -0.2) is 15.0 Å². The van der Waals surface area contributed by atoms with Gasteiger partial charge in [0.2, 0.25) is 11.8 Å². The molecule has 53 heavy (non-hydrogen) atoms. The third kappa shape index (κ3) is 6.87. The van der Waals surface area contributed by atoms with Crippen LogP contribution in [0.5, 0.6) is 0 Å². The first-order chi connectivity index (χ1) is 25.9. The molecule has 0 aliphatic carbocycles. The van der Waals surface area contributed by atoms with Gasteiger partial charge in [0.1, 0.15) is 34.7 Å². The quantitative estimate of drug-likeness (QED) is 0.0946. The summed E-state index contributed by atoms with van der Waals surface area (Å²) in [5.41, 5.74) is 10.9. The number of thioether (sulfide) groups is 1. The van der Waals surface area contributed by atoms with Gasteiger partial charge in [-0.05, 0) is 92.9 Å². The highest BCUT2D eigenvalue weighted by atomic mass is 32.2. The van der Waals surface area contributed by atoms with Crippen LogP contribution in [0.15, 0.2) is 84.1 Å². The van der Waals surface area contributed by atoms with Crippen LogP contribution in [-0.4, -0.2) is 77.7 Å². The molecule has 8 rings (SSSR count). The lowest BCUT2D eigenvalue weighted by Crippen LogP contribution is -2.52. The molecule has 2 fully saturated rings. The van der Waals surface area contributed by atoms with Crippen molar-refractivity contribution in [2.24, 2.45) is 0 Å². The van der Waals surface area contributed by atoms with E-state index in [4.69, 9.17) is 10.7 Å². The molecule has 14 heteroatoms. The van der Waals surface area contributed by atoms with Gasteiger partial charge < -0.3 is 16.0 Å². The largest absolute Gasteiger partial charge is 0.382 e. The molecule has 2 atom stereocenters. The number of fused-ring (bicyclic) bond motifs is 2. The molecule has 5 aromatic rings. The number of piperidine rings is 1. The number of imidazole rings is 1. The molecule has 3 aromatic heterocycles. The van der Waals surface area contributed by atoms with E-state index in [9.17, 15) is 19.2 Å². The number of nitrogens with zero attached hydrogens (tertiary/aromatic N) is 6. The molecule has 0 bridgehead atoms. The van der Waals surface area contributed by atoms with E-state index in [2.05, 4.69) is 29.9 Å². The van der Waals surface area contributed by atoms with Crippen LogP contribution >= 0.6 is 11.8 Å². The summed E-state index contributed by atoms with van der Waals surface area (Å²) >= 11 is 1.75. The van der Waals surface area contributed by atoms with Crippen LogP contribution in [0, 0.1) is 0 Å². The summed E-state index contributed by atoms with van der Waals surface area (Å²) in [5.74, 6) is 1.64. The molecule has 0 radical (unpaired) electrons. The maximum absolute atomic E-state index is 13.2. The fourth-order valence-electron chi connectivity index (χ4n) is 7.61. The van der Waals surface area contributed by atoms with Crippen molar-refractivity contribution in [3.63, 3.8) is 0 Å². The number of carbonyl (C=O) groups excluding carboxylic acids is 4. The minimum absolute atomic E-state index is 0.121. The lowest BCUT2D eigenvalue weighted by molar-refractivity contribution is -0.136. The van der Waals surface area contributed by atoms with Crippen molar-refractivity contribution in [3.8, 4) is 11.3 Å². The number of imide groups is 1. The third-order valence-electron chi connectivity index (χ3n) is 10.2. The number of nitrogen functional groups attached to an aromatic ring is 1. The Hall–Kier alpha value is -5.60. The molecule has 2 saturated heterocycles. The number of anilines is 2. The average Bonchev–Trinajstić information content (AvgIpc) is 3.88. The van der Waals surface area contributed by atoms with E-state index in [0.29, 0.717) is 35.7 Å². The minimum Gasteiger partial charge on any atom is -0.382 e. The van der Waals surface area contributed by atoms with Gasteiger partial charge in [0.15, 0.2) is 0 Å². The zero-order chi connectivity index (χ0) is 36.5. The van der Waals surface area contributed by atoms with Gasteiger partial charge >= 0.3 is 0 Å². The Morgan fingerprint density at radius 1 is 0.962 bits per heavy atom. The summed E-state index contributed by atoms with van der Waals surface area (Å²) in [6.45, 7) is 2.28. The molecule has 13 nitrogen and oxygen atoms in total. The van der Waals surface area contributed by atoms with Crippen LogP contribution < -0.4 is 16.4 Å². The van der Waals surface area contributed by atoms with E-state index in [1.165, 1.54) is 0 Å². The lowest BCUT2D eigenvalue weighted by atomic mass is 10.0. The highest BCUT2D eigenvalue weighted by molar-refractivity contribution is 7.99. The number of benzene rings is 2. The maximum Gasteiger partial charge on any atom is 0.256 e. The number of nitrogens with one attached hydrogen (secondary N) is 2. The van der Waals surface area contributed by atoms with Crippen LogP contribution in [-0.2, 0) is 16.1 Å². The normalized spacial score (nSPS) is 18.8. The standard InChI is InChI=1S/C39H39N9O4S/c40-35-34-33(24-11-13-25(14-12-24)37(50)43-31-10-1-2-17-41-31)45-36(47(34)21-18-42-35)28-8-6-20-46(28)19-3-4-22-53-30-9-5-7-26-27(30)23-48(39(26)52)29-15-16-32(49)44-38(29)51/h1-2,5,7,9-14,17-18,21,28-29H,3-4,6,8,15-16,19-20,22-23H2,(H2,40,42)(H,41,43,50)(H,44,49,51)/t28-,29?/m0/s1. The zero-order valence-electron chi connectivity index (χ0n) is 29.0. The Morgan fingerprint density at radius 2 is 1.83 bits per heavy atom. The van der Waals surface area contributed by atoms with E-state index in [-0.39, 0.29) is 30.2 Å². The molecule has 3 aliphatic rings. The van der Waals surface area contributed by atoms with Crippen LogP contribution in [0.2, 0.25) is 0 Å². The molecular weight excluding hydrogens is 691 g/mol. The first kappa shape index (κ1) is 34.5. The first-order valence-corrected chi connectivity index (χ1v) is 18.9. The van der Waals surface area contributed by atoms with Crippen molar-refractivity contribution >= 4 is 52.5 Å². The molecule has 1 unspecified atom stereocenters. The predicted octanol–water partition coefficient (Wildman–Crippen LogP) is 5.10. The second kappa shape index (κ2) is 14.8. The lowest BCUT2D eigenvalue weighted by Gasteiger charge is -2.29. The highest BCUT2D eigenvalue weighted by Gasteiger charge is 2.40. The summed E-state index contributed by atoms with van der Waals surface area (Å²) in [6, 6.07) is 18.0. The monoisotopic (exact) mass is 729 g/mol. The fourth-order valence-corrected chi connectivity index (χ4v) is 8.70. The Morgan fingerprint density at radius 3 is 2.64 bits per heavy atom. The number of nitrogens with two attached hydrogens (primary N) is 1. The number of pyridine rings is 1. The molecule has 2 aromatic carbocycles. The van der Waals surface area contributed by atoms with Crippen LogP contribution in [0.4, 0.5) is 11.6 Å². The number of amides is 4. The fraction of sp³-hybridized carbons (Fsp3) is 0.308. The van der Waals surface area contributed by atoms with Crippen molar-refractivity contribution < 1.29 is 19.2 Å². The maximum atomic E-state index is 13.2. The van der Waals surface area contributed by atoms with E-state index in [1.807, 2.05) is 42.6 Å². The molecule has 4 amide bonds. The average molecular weight is 730 g/mol. The molecule has 270 valence electrons. The van der Waals surface area contributed by atoms with Gasteiger partial charge in [-0.15, -0.1) is 11.8 Å². The number of rotatable bonds is 11. The SMILES string of the molecule is Nc1nccn2c([C@@H]3CCCN3CCCCSc3cccc4c3CN(C3CCC(=O)NC3=O)C4=O)nc(-c3ccc(C(=O)Nc4ccccn4)cc3)c12. The van der Waals surface area contributed by atoms with E-state index in [1.54, 1.807) is 53.3 Å². The van der Waals surface area contributed by atoms with Gasteiger partial charge in [-0.3, -0.25) is 33.8 Å². The van der Waals surface area contributed by atoms with Gasteiger partial charge in [-0.2, -0.15) is 0 Å². The Labute approximate surface area is 310 Å². The molecule has 0 saturated carbocycles. The third-order valence-corrected chi connectivity index (χ3v) is 11.4. The van der Waals surface area contributed by atoms with Crippen molar-refractivity contribution in [2.45, 2.75) is 62.0 Å². The van der Waals surface area contributed by atoms with E-state index < -0.39 is 11.9 Å². The Balaban J connectivity index is 0.912. The van der Waals surface area contributed by atoms with Crippen molar-refractivity contribution in [1.82, 2.24) is 34.5 Å². The molecule has 3 aliphatic heterocycles. The second-order valence-electron chi connectivity index (χ2n) is 13.5. The smallest absolute Gasteiger partial charge is 0.256 e.